The smallest absolute Gasteiger partial charge is 0.340 e. The molecule has 0 atom stereocenters. The zero-order valence-corrected chi connectivity index (χ0v) is 19.0. The molecule has 0 unspecified atom stereocenters. The molecule has 1 N–H and O–H groups in total. The second kappa shape index (κ2) is 10.7. The van der Waals surface area contributed by atoms with Crippen LogP contribution in [0.15, 0.2) is 72.8 Å². The Hall–Kier alpha value is -4.13. The van der Waals surface area contributed by atoms with E-state index >= 15 is 0 Å². The van der Waals surface area contributed by atoms with Crippen LogP contribution in [0.25, 0.3) is 0 Å². The standard InChI is InChI=1S/C27H26N2O5/c1-33-21-13-10-19(11-14-21)12-15-25(30)28-23-8-4-3-7-22(23)27(32)34-18-26(31)29-17-16-20-6-2-5-9-24(20)29/h2-11,13-14H,12,15-18H2,1H3,(H,28,30). The van der Waals surface area contributed by atoms with Gasteiger partial charge in [0.2, 0.25) is 5.91 Å². The van der Waals surface area contributed by atoms with Crippen molar-refractivity contribution in [2.45, 2.75) is 19.3 Å². The summed E-state index contributed by atoms with van der Waals surface area (Å²) < 4.78 is 10.4. The van der Waals surface area contributed by atoms with Gasteiger partial charge in [0.15, 0.2) is 6.61 Å². The minimum atomic E-state index is -0.660. The molecule has 34 heavy (non-hydrogen) atoms. The lowest BCUT2D eigenvalue weighted by Crippen LogP contribution is -2.33. The fraction of sp³-hybridized carbons (Fsp3) is 0.222. The SMILES string of the molecule is COc1ccc(CCC(=O)Nc2ccccc2C(=O)OCC(=O)N2CCc3ccccc32)cc1. The van der Waals surface area contributed by atoms with E-state index in [1.807, 2.05) is 48.5 Å². The van der Waals surface area contributed by atoms with E-state index in [0.29, 0.717) is 18.7 Å². The Morgan fingerprint density at radius 1 is 0.941 bits per heavy atom. The van der Waals surface area contributed by atoms with E-state index in [9.17, 15) is 14.4 Å². The molecular weight excluding hydrogens is 432 g/mol. The summed E-state index contributed by atoms with van der Waals surface area (Å²) in [6.45, 7) is 0.198. The molecule has 0 radical (unpaired) electrons. The number of hydrogen-bond acceptors (Lipinski definition) is 5. The molecule has 3 aromatic rings. The van der Waals surface area contributed by atoms with Crippen LogP contribution in [0.3, 0.4) is 0 Å². The highest BCUT2D eigenvalue weighted by molar-refractivity contribution is 6.03. The number of benzene rings is 3. The van der Waals surface area contributed by atoms with E-state index in [1.54, 1.807) is 36.3 Å². The van der Waals surface area contributed by atoms with Crippen molar-refractivity contribution in [3.05, 3.63) is 89.5 Å². The number of nitrogens with one attached hydrogen (secondary N) is 1. The Morgan fingerprint density at radius 2 is 1.68 bits per heavy atom. The number of ether oxygens (including phenoxy) is 2. The zero-order chi connectivity index (χ0) is 23.9. The van der Waals surface area contributed by atoms with Crippen LogP contribution < -0.4 is 15.0 Å². The van der Waals surface area contributed by atoms with Gasteiger partial charge in [-0.15, -0.1) is 0 Å². The molecule has 1 aliphatic rings. The minimum absolute atomic E-state index is 0.204. The molecule has 2 amide bonds. The van der Waals surface area contributed by atoms with E-state index in [4.69, 9.17) is 9.47 Å². The van der Waals surface area contributed by atoms with Crippen molar-refractivity contribution in [2.75, 3.05) is 30.5 Å². The summed E-state index contributed by atoms with van der Waals surface area (Å²) in [5.41, 5.74) is 3.52. The van der Waals surface area contributed by atoms with Gasteiger partial charge in [0, 0.05) is 18.7 Å². The van der Waals surface area contributed by atoms with Crippen molar-refractivity contribution in [3.63, 3.8) is 0 Å². The van der Waals surface area contributed by atoms with E-state index in [0.717, 1.165) is 29.0 Å². The van der Waals surface area contributed by atoms with E-state index in [2.05, 4.69) is 5.32 Å². The number of rotatable bonds is 8. The Bertz CT molecular complexity index is 1190. The van der Waals surface area contributed by atoms with Crippen LogP contribution in [0.5, 0.6) is 5.75 Å². The normalized spacial score (nSPS) is 12.1. The molecule has 3 aromatic carbocycles. The van der Waals surface area contributed by atoms with Gasteiger partial charge in [-0.1, -0.05) is 42.5 Å². The van der Waals surface area contributed by atoms with Gasteiger partial charge in [0.1, 0.15) is 5.75 Å². The van der Waals surface area contributed by atoms with Crippen LogP contribution in [-0.2, 0) is 27.2 Å². The van der Waals surface area contributed by atoms with E-state index in [-0.39, 0.29) is 30.4 Å². The van der Waals surface area contributed by atoms with Crippen molar-refractivity contribution in [3.8, 4) is 5.75 Å². The molecule has 0 aromatic heterocycles. The van der Waals surface area contributed by atoms with Crippen molar-refractivity contribution in [2.24, 2.45) is 0 Å². The number of para-hydroxylation sites is 2. The van der Waals surface area contributed by atoms with Crippen LogP contribution >= 0.6 is 0 Å². The third-order valence-corrected chi connectivity index (χ3v) is 5.74. The molecule has 0 saturated carbocycles. The van der Waals surface area contributed by atoms with Crippen LogP contribution in [0, 0.1) is 0 Å². The number of carbonyl (C=O) groups excluding carboxylic acids is 3. The number of anilines is 2. The molecule has 0 spiro atoms. The van der Waals surface area contributed by atoms with Gasteiger partial charge in [-0.2, -0.15) is 0 Å². The maximum absolute atomic E-state index is 12.7. The third kappa shape index (κ3) is 5.43. The average molecular weight is 459 g/mol. The molecular formula is C27H26N2O5. The predicted molar refractivity (Wildman–Crippen MR) is 129 cm³/mol. The molecule has 1 aliphatic heterocycles. The number of hydrogen-bond donors (Lipinski definition) is 1. The van der Waals surface area contributed by atoms with E-state index < -0.39 is 5.97 Å². The number of amides is 2. The van der Waals surface area contributed by atoms with Gasteiger partial charge < -0.3 is 19.7 Å². The molecule has 0 saturated heterocycles. The lowest BCUT2D eigenvalue weighted by molar-refractivity contribution is -0.121. The summed E-state index contributed by atoms with van der Waals surface area (Å²) in [5.74, 6) is -0.403. The third-order valence-electron chi connectivity index (χ3n) is 5.74. The number of aryl methyl sites for hydroxylation is 1. The number of nitrogens with zero attached hydrogens (tertiary/aromatic N) is 1. The number of esters is 1. The Kier molecular flexibility index (Phi) is 7.22. The van der Waals surface area contributed by atoms with Crippen molar-refractivity contribution < 1.29 is 23.9 Å². The molecule has 7 nitrogen and oxygen atoms in total. The maximum atomic E-state index is 12.7. The predicted octanol–water partition coefficient (Wildman–Crippen LogP) is 4.01. The first kappa shape index (κ1) is 23.0. The van der Waals surface area contributed by atoms with Gasteiger partial charge in [0.05, 0.1) is 18.4 Å². The molecule has 4 rings (SSSR count). The van der Waals surface area contributed by atoms with Gasteiger partial charge >= 0.3 is 5.97 Å². The highest BCUT2D eigenvalue weighted by atomic mass is 16.5. The Balaban J connectivity index is 1.32. The molecule has 7 heteroatoms. The summed E-state index contributed by atoms with van der Waals surface area (Å²) in [5, 5.41) is 2.78. The highest BCUT2D eigenvalue weighted by Gasteiger charge is 2.25. The molecule has 1 heterocycles. The molecule has 0 fully saturated rings. The van der Waals surface area contributed by atoms with Crippen LogP contribution in [0.1, 0.15) is 27.9 Å². The number of fused-ring (bicyclic) bond motifs is 1. The van der Waals surface area contributed by atoms with Crippen molar-refractivity contribution in [1.29, 1.82) is 0 Å². The summed E-state index contributed by atoms with van der Waals surface area (Å²) in [6.07, 6.45) is 1.58. The first-order chi connectivity index (χ1) is 16.5. The fourth-order valence-corrected chi connectivity index (χ4v) is 3.91. The van der Waals surface area contributed by atoms with Crippen molar-refractivity contribution >= 4 is 29.2 Å². The van der Waals surface area contributed by atoms with Crippen LogP contribution in [0.2, 0.25) is 0 Å². The Labute approximate surface area is 198 Å². The fourth-order valence-electron chi connectivity index (χ4n) is 3.91. The summed E-state index contributed by atoms with van der Waals surface area (Å²) >= 11 is 0. The number of methoxy groups -OCH3 is 1. The lowest BCUT2D eigenvalue weighted by atomic mass is 10.1. The highest BCUT2D eigenvalue weighted by Crippen LogP contribution is 2.27. The quantitative estimate of drug-likeness (QED) is 0.516. The van der Waals surface area contributed by atoms with Gasteiger partial charge in [0.25, 0.3) is 5.91 Å². The van der Waals surface area contributed by atoms with Gasteiger partial charge in [-0.25, -0.2) is 4.79 Å². The average Bonchev–Trinajstić information content (AvgIpc) is 3.31. The van der Waals surface area contributed by atoms with Crippen molar-refractivity contribution in [1.82, 2.24) is 0 Å². The second-order valence-electron chi connectivity index (χ2n) is 7.94. The molecule has 0 bridgehead atoms. The van der Waals surface area contributed by atoms with E-state index in [1.165, 1.54) is 0 Å². The largest absolute Gasteiger partial charge is 0.497 e. The second-order valence-corrected chi connectivity index (χ2v) is 7.94. The zero-order valence-electron chi connectivity index (χ0n) is 19.0. The Morgan fingerprint density at radius 3 is 2.47 bits per heavy atom. The van der Waals surface area contributed by atoms with Gasteiger partial charge in [-0.05, 0) is 54.3 Å². The molecule has 174 valence electrons. The first-order valence-corrected chi connectivity index (χ1v) is 11.1. The summed E-state index contributed by atoms with van der Waals surface area (Å²) in [6, 6.07) is 21.8. The summed E-state index contributed by atoms with van der Waals surface area (Å²) in [4.78, 5) is 39.5. The number of carbonyl (C=O) groups is 3. The topological polar surface area (TPSA) is 84.9 Å². The van der Waals surface area contributed by atoms with Crippen LogP contribution in [-0.4, -0.2) is 38.0 Å². The monoisotopic (exact) mass is 458 g/mol. The molecule has 0 aliphatic carbocycles. The van der Waals surface area contributed by atoms with Crippen LogP contribution in [0.4, 0.5) is 11.4 Å². The van der Waals surface area contributed by atoms with Gasteiger partial charge in [-0.3, -0.25) is 9.59 Å². The minimum Gasteiger partial charge on any atom is -0.497 e. The first-order valence-electron chi connectivity index (χ1n) is 11.1. The lowest BCUT2D eigenvalue weighted by Gasteiger charge is -2.17. The summed E-state index contributed by atoms with van der Waals surface area (Å²) in [7, 11) is 1.60. The maximum Gasteiger partial charge on any atom is 0.340 e.